The molecule has 11 heteroatoms. The number of unbranched alkanes of at least 4 members (excludes halogenated alkanes) is 3. The Bertz CT molecular complexity index is 1270. The average Bonchev–Trinajstić information content (AvgIpc) is 3.54. The Balaban J connectivity index is 1.04. The predicted molar refractivity (Wildman–Crippen MR) is 170 cm³/mol. The number of urea groups is 1. The second kappa shape index (κ2) is 15.5. The van der Waals surface area contributed by atoms with E-state index in [-0.39, 0.29) is 35.7 Å². The van der Waals surface area contributed by atoms with Gasteiger partial charge < -0.3 is 26.0 Å². The van der Waals surface area contributed by atoms with E-state index in [2.05, 4.69) is 21.3 Å². The van der Waals surface area contributed by atoms with Gasteiger partial charge in [-0.2, -0.15) is 11.8 Å². The molecule has 0 aromatic heterocycles. The standard InChI is InChI=1S/C32H41ClN4O5S/c1-32(2,42-24-16-12-22(13-17-24)29(39)21-10-14-23(33)15-11-21)30(40)35-19-7-3-6-18-34-27(38)9-5-4-8-26-28-25(20-43-26)36-31(41)37-28/h10-17,25-26,28H,3-9,18-20H2,1-2H3,(H,34,38)(H,35,40)(H2,36,37,41). The highest BCUT2D eigenvalue weighted by Gasteiger charge is 2.42. The Labute approximate surface area is 262 Å². The summed E-state index contributed by atoms with van der Waals surface area (Å²) in [6.07, 6.45) is 5.86. The van der Waals surface area contributed by atoms with Gasteiger partial charge in [-0.3, -0.25) is 14.4 Å². The maximum Gasteiger partial charge on any atom is 0.315 e. The monoisotopic (exact) mass is 628 g/mol. The van der Waals surface area contributed by atoms with Crippen LogP contribution in [-0.4, -0.2) is 65.4 Å². The maximum atomic E-state index is 12.7. The van der Waals surface area contributed by atoms with E-state index in [9.17, 15) is 19.2 Å². The van der Waals surface area contributed by atoms with Crippen LogP contribution in [0.3, 0.4) is 0 Å². The molecule has 0 radical (unpaired) electrons. The first-order valence-corrected chi connectivity index (χ1v) is 16.4. The second-order valence-electron chi connectivity index (χ2n) is 11.5. The van der Waals surface area contributed by atoms with Crippen LogP contribution in [0.2, 0.25) is 5.02 Å². The van der Waals surface area contributed by atoms with Crippen molar-refractivity contribution in [1.82, 2.24) is 21.3 Å². The van der Waals surface area contributed by atoms with Crippen molar-refractivity contribution in [2.75, 3.05) is 18.8 Å². The highest BCUT2D eigenvalue weighted by Crippen LogP contribution is 2.33. The molecule has 2 aromatic rings. The number of amides is 4. The van der Waals surface area contributed by atoms with Crippen LogP contribution in [0.25, 0.3) is 0 Å². The number of nitrogens with one attached hydrogen (secondary N) is 4. The number of fused-ring (bicyclic) bond motifs is 1. The molecule has 0 spiro atoms. The molecule has 2 saturated heterocycles. The fraction of sp³-hybridized carbons (Fsp3) is 0.500. The molecule has 43 heavy (non-hydrogen) atoms. The lowest BCUT2D eigenvalue weighted by atomic mass is 10.0. The zero-order chi connectivity index (χ0) is 30.8. The molecule has 2 aliphatic heterocycles. The minimum absolute atomic E-state index is 0.0655. The van der Waals surface area contributed by atoms with Gasteiger partial charge in [0, 0.05) is 46.7 Å². The van der Waals surface area contributed by atoms with Crippen molar-refractivity contribution in [1.29, 1.82) is 0 Å². The number of ketones is 1. The largest absolute Gasteiger partial charge is 0.478 e. The van der Waals surface area contributed by atoms with E-state index in [1.807, 2.05) is 11.8 Å². The molecule has 0 aliphatic carbocycles. The van der Waals surface area contributed by atoms with E-state index in [1.54, 1.807) is 62.4 Å². The number of hydrogen-bond donors (Lipinski definition) is 4. The first-order valence-electron chi connectivity index (χ1n) is 15.0. The van der Waals surface area contributed by atoms with E-state index >= 15 is 0 Å². The third-order valence-electron chi connectivity index (χ3n) is 7.68. The number of ether oxygens (including phenoxy) is 1. The van der Waals surface area contributed by atoms with Crippen LogP contribution in [0.1, 0.15) is 74.7 Å². The summed E-state index contributed by atoms with van der Waals surface area (Å²) in [4.78, 5) is 49.0. The van der Waals surface area contributed by atoms with E-state index in [1.165, 1.54) is 0 Å². The van der Waals surface area contributed by atoms with E-state index in [0.29, 0.717) is 46.7 Å². The summed E-state index contributed by atoms with van der Waals surface area (Å²) in [5, 5.41) is 12.9. The van der Waals surface area contributed by atoms with Gasteiger partial charge in [0.1, 0.15) is 5.75 Å². The minimum atomic E-state index is -1.09. The molecule has 2 heterocycles. The van der Waals surface area contributed by atoms with Gasteiger partial charge in [-0.15, -0.1) is 0 Å². The number of carbonyl (C=O) groups is 4. The SMILES string of the molecule is CC(C)(Oc1ccc(C(=O)c2ccc(Cl)cc2)cc1)C(=O)NCCCCCNC(=O)CCCCC1SCC2NC(=O)NC21. The summed E-state index contributed by atoms with van der Waals surface area (Å²) in [6, 6.07) is 13.8. The summed E-state index contributed by atoms with van der Waals surface area (Å²) in [5.74, 6) is 1.18. The van der Waals surface area contributed by atoms with Gasteiger partial charge in [0.2, 0.25) is 5.91 Å². The summed E-state index contributed by atoms with van der Waals surface area (Å²) in [6.45, 7) is 4.55. The van der Waals surface area contributed by atoms with Crippen molar-refractivity contribution in [3.63, 3.8) is 0 Å². The fourth-order valence-corrected chi connectivity index (χ4v) is 6.88. The van der Waals surface area contributed by atoms with Crippen LogP contribution in [0.4, 0.5) is 4.79 Å². The van der Waals surface area contributed by atoms with Gasteiger partial charge in [-0.25, -0.2) is 4.79 Å². The van der Waals surface area contributed by atoms with E-state index in [4.69, 9.17) is 16.3 Å². The summed E-state index contributed by atoms with van der Waals surface area (Å²) >= 11 is 7.80. The van der Waals surface area contributed by atoms with Gasteiger partial charge >= 0.3 is 6.03 Å². The molecule has 9 nitrogen and oxygen atoms in total. The third kappa shape index (κ3) is 9.63. The topological polar surface area (TPSA) is 126 Å². The molecule has 2 aromatic carbocycles. The van der Waals surface area contributed by atoms with Gasteiger partial charge in [0.15, 0.2) is 11.4 Å². The Kier molecular flexibility index (Phi) is 11.8. The van der Waals surface area contributed by atoms with Crippen molar-refractivity contribution < 1.29 is 23.9 Å². The Morgan fingerprint density at radius 1 is 0.907 bits per heavy atom. The number of rotatable bonds is 16. The van der Waals surface area contributed by atoms with Crippen molar-refractivity contribution >= 4 is 47.0 Å². The molecule has 232 valence electrons. The van der Waals surface area contributed by atoms with Gasteiger partial charge in [-0.1, -0.05) is 18.0 Å². The Morgan fingerprint density at radius 2 is 1.56 bits per heavy atom. The van der Waals surface area contributed by atoms with Crippen molar-refractivity contribution in [3.8, 4) is 5.75 Å². The molecule has 0 bridgehead atoms. The lowest BCUT2D eigenvalue weighted by Crippen LogP contribution is -2.46. The van der Waals surface area contributed by atoms with Gasteiger partial charge in [0.05, 0.1) is 12.1 Å². The molecule has 3 unspecified atom stereocenters. The van der Waals surface area contributed by atoms with Gasteiger partial charge in [-0.05, 0) is 94.5 Å². The van der Waals surface area contributed by atoms with Crippen LogP contribution >= 0.6 is 23.4 Å². The quantitative estimate of drug-likeness (QED) is 0.120. The minimum Gasteiger partial charge on any atom is -0.478 e. The maximum absolute atomic E-state index is 12.7. The summed E-state index contributed by atoms with van der Waals surface area (Å²) < 4.78 is 5.92. The molecular weight excluding hydrogens is 588 g/mol. The van der Waals surface area contributed by atoms with Crippen LogP contribution in [-0.2, 0) is 9.59 Å². The lowest BCUT2D eigenvalue weighted by molar-refractivity contribution is -0.134. The number of benzene rings is 2. The number of carbonyl (C=O) groups excluding carboxylic acids is 4. The van der Waals surface area contributed by atoms with Crippen molar-refractivity contribution in [2.45, 2.75) is 81.7 Å². The highest BCUT2D eigenvalue weighted by molar-refractivity contribution is 8.00. The summed E-state index contributed by atoms with van der Waals surface area (Å²) in [5.41, 5.74) is -0.0253. The molecule has 0 saturated carbocycles. The van der Waals surface area contributed by atoms with E-state index in [0.717, 1.165) is 44.3 Å². The smallest absolute Gasteiger partial charge is 0.315 e. The fourth-order valence-electron chi connectivity index (χ4n) is 5.22. The summed E-state index contributed by atoms with van der Waals surface area (Å²) in [7, 11) is 0. The molecule has 4 rings (SSSR count). The highest BCUT2D eigenvalue weighted by atomic mass is 35.5. The van der Waals surface area contributed by atoms with Crippen molar-refractivity contribution in [3.05, 3.63) is 64.7 Å². The zero-order valence-corrected chi connectivity index (χ0v) is 26.3. The third-order valence-corrected chi connectivity index (χ3v) is 9.45. The molecule has 3 atom stereocenters. The lowest BCUT2D eigenvalue weighted by Gasteiger charge is -2.25. The van der Waals surface area contributed by atoms with Gasteiger partial charge in [0.25, 0.3) is 5.91 Å². The zero-order valence-electron chi connectivity index (χ0n) is 24.7. The molecule has 4 N–H and O–H groups in total. The van der Waals surface area contributed by atoms with Crippen LogP contribution in [0.5, 0.6) is 5.75 Å². The molecule has 2 aliphatic rings. The second-order valence-corrected chi connectivity index (χ2v) is 13.2. The van der Waals surface area contributed by atoms with Crippen LogP contribution < -0.4 is 26.0 Å². The number of thioether (sulfide) groups is 1. The van der Waals surface area contributed by atoms with Crippen LogP contribution in [0.15, 0.2) is 48.5 Å². The van der Waals surface area contributed by atoms with Crippen LogP contribution in [0, 0.1) is 0 Å². The number of hydrogen-bond acceptors (Lipinski definition) is 6. The Hall–Kier alpha value is -3.24. The average molecular weight is 629 g/mol. The van der Waals surface area contributed by atoms with E-state index < -0.39 is 5.60 Å². The predicted octanol–water partition coefficient (Wildman–Crippen LogP) is 4.86. The Morgan fingerprint density at radius 3 is 2.26 bits per heavy atom. The first kappa shape index (κ1) is 32.7. The van der Waals surface area contributed by atoms with Crippen molar-refractivity contribution in [2.24, 2.45) is 0 Å². The molecular formula is C32H41ClN4O5S. The molecule has 2 fully saturated rings. The number of halogens is 1. The molecule has 4 amide bonds. The first-order chi connectivity index (χ1) is 20.6. The normalized spacial score (nSPS) is 19.2.